The van der Waals surface area contributed by atoms with Gasteiger partial charge < -0.3 is 20.2 Å². The standard InChI is InChI=1S/C20H20N2O5S2/c1-9-15-14(10(2)24)18(25)22(15)16(19(26)27)17(9)29-20-21-13(8-28-20)12-5-3-11(7-23)4-6-12/h3-6,8-10,14-15,23-24H,7H2,1-2H3,(H,26,27)/t9-,10-,14-,15?/m1/s1. The second-order valence-electron chi connectivity index (χ2n) is 7.23. The summed E-state index contributed by atoms with van der Waals surface area (Å²) in [7, 11) is 0. The maximum absolute atomic E-state index is 12.4. The minimum absolute atomic E-state index is 0.00144. The third-order valence-corrected chi connectivity index (χ3v) is 7.65. The molecule has 0 saturated carbocycles. The molecule has 0 aliphatic carbocycles. The molecule has 9 heteroatoms. The maximum atomic E-state index is 12.4. The van der Waals surface area contributed by atoms with Crippen molar-refractivity contribution in [2.75, 3.05) is 0 Å². The molecule has 3 heterocycles. The van der Waals surface area contributed by atoms with Crippen molar-refractivity contribution in [3.05, 3.63) is 45.8 Å². The fourth-order valence-electron chi connectivity index (χ4n) is 3.97. The van der Waals surface area contributed by atoms with Crippen LogP contribution in [0.2, 0.25) is 0 Å². The van der Waals surface area contributed by atoms with Crippen LogP contribution in [0.5, 0.6) is 0 Å². The molecule has 2 aliphatic rings. The van der Waals surface area contributed by atoms with E-state index in [1.807, 2.05) is 36.6 Å². The monoisotopic (exact) mass is 432 g/mol. The first-order chi connectivity index (χ1) is 13.8. The van der Waals surface area contributed by atoms with Crippen LogP contribution in [0.25, 0.3) is 11.3 Å². The fraction of sp³-hybridized carbons (Fsp3) is 0.350. The van der Waals surface area contributed by atoms with Gasteiger partial charge >= 0.3 is 5.97 Å². The predicted molar refractivity (Wildman–Crippen MR) is 109 cm³/mol. The Kier molecular flexibility index (Phi) is 5.24. The number of nitrogens with zero attached hydrogens (tertiary/aromatic N) is 2. The van der Waals surface area contributed by atoms with Gasteiger partial charge in [0.15, 0.2) is 4.34 Å². The first kappa shape index (κ1) is 20.1. The Labute approximate surface area is 175 Å². The number of carbonyl (C=O) groups is 2. The molecular formula is C20H20N2O5S2. The molecule has 7 nitrogen and oxygen atoms in total. The summed E-state index contributed by atoms with van der Waals surface area (Å²) in [4.78, 5) is 30.8. The maximum Gasteiger partial charge on any atom is 0.353 e. The normalized spacial score (nSPS) is 24.5. The lowest BCUT2D eigenvalue weighted by molar-refractivity contribution is -0.163. The number of aromatic nitrogens is 1. The number of carboxylic acid groups (broad SMARTS) is 1. The molecular weight excluding hydrogens is 412 g/mol. The van der Waals surface area contributed by atoms with Gasteiger partial charge in [-0.3, -0.25) is 4.79 Å². The van der Waals surface area contributed by atoms with Crippen LogP contribution in [0.3, 0.4) is 0 Å². The molecule has 4 atom stereocenters. The number of fused-ring (bicyclic) bond motifs is 1. The van der Waals surface area contributed by atoms with E-state index in [2.05, 4.69) is 4.98 Å². The van der Waals surface area contributed by atoms with E-state index in [1.165, 1.54) is 28.0 Å². The van der Waals surface area contributed by atoms with Crippen LogP contribution < -0.4 is 0 Å². The van der Waals surface area contributed by atoms with Crippen molar-refractivity contribution in [1.82, 2.24) is 9.88 Å². The molecule has 29 heavy (non-hydrogen) atoms. The van der Waals surface area contributed by atoms with Crippen molar-refractivity contribution in [3.63, 3.8) is 0 Å². The second kappa shape index (κ2) is 7.56. The third kappa shape index (κ3) is 3.28. The molecule has 3 N–H and O–H groups in total. The van der Waals surface area contributed by atoms with Crippen LogP contribution in [0, 0.1) is 11.8 Å². The van der Waals surface area contributed by atoms with E-state index in [0.717, 1.165) is 16.8 Å². The first-order valence-corrected chi connectivity index (χ1v) is 10.8. The topological polar surface area (TPSA) is 111 Å². The highest BCUT2D eigenvalue weighted by Gasteiger charge is 2.60. The number of hydrogen-bond acceptors (Lipinski definition) is 7. The number of hydrogen-bond donors (Lipinski definition) is 3. The number of aliphatic hydroxyl groups excluding tert-OH is 2. The van der Waals surface area contributed by atoms with E-state index < -0.39 is 18.0 Å². The second-order valence-corrected chi connectivity index (χ2v) is 9.37. The lowest BCUT2D eigenvalue weighted by Crippen LogP contribution is -2.63. The summed E-state index contributed by atoms with van der Waals surface area (Å²) < 4.78 is 0.690. The van der Waals surface area contributed by atoms with Crippen molar-refractivity contribution in [2.45, 2.75) is 36.9 Å². The van der Waals surface area contributed by atoms with Crippen molar-refractivity contribution in [3.8, 4) is 11.3 Å². The van der Waals surface area contributed by atoms with Gasteiger partial charge in [0.25, 0.3) is 0 Å². The van der Waals surface area contributed by atoms with E-state index >= 15 is 0 Å². The average molecular weight is 433 g/mol. The Bertz CT molecular complexity index is 999. The summed E-state index contributed by atoms with van der Waals surface area (Å²) >= 11 is 2.68. The number of aliphatic hydroxyl groups is 2. The minimum Gasteiger partial charge on any atom is -0.477 e. The number of thiazole rings is 1. The molecule has 0 radical (unpaired) electrons. The zero-order chi connectivity index (χ0) is 20.9. The van der Waals surface area contributed by atoms with E-state index in [-0.39, 0.29) is 30.2 Å². The van der Waals surface area contributed by atoms with Gasteiger partial charge in [0.1, 0.15) is 5.70 Å². The lowest BCUT2D eigenvalue weighted by Gasteiger charge is -2.46. The SMILES string of the molecule is C[C@H]1C(Sc2nc(-c3ccc(CO)cc3)cs2)=C(C(=O)O)N2C(=O)[C@H]([C@@H](C)O)C12. The molecule has 152 valence electrons. The van der Waals surface area contributed by atoms with Gasteiger partial charge in [-0.05, 0) is 12.5 Å². The Morgan fingerprint density at radius 1 is 1.34 bits per heavy atom. The summed E-state index contributed by atoms with van der Waals surface area (Å²) in [6.07, 6.45) is -0.820. The summed E-state index contributed by atoms with van der Waals surface area (Å²) in [6.45, 7) is 3.43. The van der Waals surface area contributed by atoms with E-state index in [0.29, 0.717) is 9.24 Å². The third-order valence-electron chi connectivity index (χ3n) is 5.42. The summed E-state index contributed by atoms with van der Waals surface area (Å²) in [6, 6.07) is 7.10. The number of rotatable bonds is 6. The number of thioether (sulfide) groups is 1. The number of β-lactam (4-membered cyclic amide) rings is 1. The Balaban J connectivity index is 1.61. The molecule has 1 aromatic heterocycles. The summed E-state index contributed by atoms with van der Waals surface area (Å²) in [5, 5.41) is 30.7. The Morgan fingerprint density at radius 3 is 2.62 bits per heavy atom. The average Bonchev–Trinajstić information content (AvgIpc) is 3.24. The van der Waals surface area contributed by atoms with E-state index in [9.17, 15) is 19.8 Å². The van der Waals surface area contributed by atoms with Crippen LogP contribution in [0.15, 0.2) is 44.6 Å². The van der Waals surface area contributed by atoms with Gasteiger partial charge in [-0.15, -0.1) is 11.3 Å². The molecule has 1 aromatic carbocycles. The van der Waals surface area contributed by atoms with Crippen LogP contribution in [0.4, 0.5) is 0 Å². The van der Waals surface area contributed by atoms with Crippen molar-refractivity contribution >= 4 is 35.0 Å². The van der Waals surface area contributed by atoms with Crippen LogP contribution in [0.1, 0.15) is 19.4 Å². The molecule has 0 bridgehead atoms. The molecule has 1 amide bonds. The fourth-order valence-corrected chi connectivity index (χ4v) is 6.07. The lowest BCUT2D eigenvalue weighted by atomic mass is 9.79. The highest BCUT2D eigenvalue weighted by atomic mass is 32.2. The highest BCUT2D eigenvalue weighted by Crippen LogP contribution is 2.52. The number of carbonyl (C=O) groups excluding carboxylic acids is 1. The van der Waals surface area contributed by atoms with Crippen LogP contribution in [-0.2, 0) is 16.2 Å². The molecule has 2 aromatic rings. The molecule has 1 saturated heterocycles. The minimum atomic E-state index is -1.14. The predicted octanol–water partition coefficient (Wildman–Crippen LogP) is 2.55. The van der Waals surface area contributed by atoms with Gasteiger partial charge in [-0.2, -0.15) is 0 Å². The van der Waals surface area contributed by atoms with Crippen molar-refractivity contribution in [1.29, 1.82) is 0 Å². The number of aliphatic carboxylic acids is 1. The molecule has 1 unspecified atom stereocenters. The Morgan fingerprint density at radius 2 is 2.03 bits per heavy atom. The zero-order valence-corrected chi connectivity index (χ0v) is 17.4. The molecule has 2 aliphatic heterocycles. The van der Waals surface area contributed by atoms with Gasteiger partial charge in [-0.1, -0.05) is 43.0 Å². The van der Waals surface area contributed by atoms with Crippen molar-refractivity contribution < 1.29 is 24.9 Å². The number of benzene rings is 1. The van der Waals surface area contributed by atoms with Gasteiger partial charge in [0, 0.05) is 21.8 Å². The van der Waals surface area contributed by atoms with Gasteiger partial charge in [0.2, 0.25) is 5.91 Å². The van der Waals surface area contributed by atoms with E-state index in [1.54, 1.807) is 6.92 Å². The van der Waals surface area contributed by atoms with Crippen LogP contribution in [-0.4, -0.2) is 49.2 Å². The summed E-state index contributed by atoms with van der Waals surface area (Å²) in [5.41, 5.74) is 2.49. The molecule has 4 rings (SSSR count). The van der Waals surface area contributed by atoms with E-state index in [4.69, 9.17) is 5.11 Å². The Hall–Kier alpha value is -2.20. The summed E-state index contributed by atoms with van der Waals surface area (Å²) in [5.74, 6) is -2.25. The number of carboxylic acids is 1. The smallest absolute Gasteiger partial charge is 0.353 e. The van der Waals surface area contributed by atoms with Crippen LogP contribution >= 0.6 is 23.1 Å². The van der Waals surface area contributed by atoms with Gasteiger partial charge in [0.05, 0.1) is 30.4 Å². The quantitative estimate of drug-likeness (QED) is 0.602. The first-order valence-electron chi connectivity index (χ1n) is 9.15. The van der Waals surface area contributed by atoms with Gasteiger partial charge in [-0.25, -0.2) is 9.78 Å². The number of amides is 1. The molecule has 1 fully saturated rings. The molecule has 0 spiro atoms. The largest absolute Gasteiger partial charge is 0.477 e. The zero-order valence-electron chi connectivity index (χ0n) is 15.8. The van der Waals surface area contributed by atoms with Crippen molar-refractivity contribution in [2.24, 2.45) is 11.8 Å². The highest BCUT2D eigenvalue weighted by molar-refractivity contribution is 8.04.